The normalized spacial score (nSPS) is 11.8. The van der Waals surface area contributed by atoms with Gasteiger partial charge in [0.15, 0.2) is 5.78 Å². The summed E-state index contributed by atoms with van der Waals surface area (Å²) in [4.78, 5) is 23.2. The Labute approximate surface area is 168 Å². The largest absolute Gasteiger partial charge is 0.467 e. The first-order valence-electron chi connectivity index (χ1n) is 7.96. The highest BCUT2D eigenvalue weighted by Crippen LogP contribution is 2.31. The van der Waals surface area contributed by atoms with Crippen LogP contribution in [0.2, 0.25) is 5.02 Å². The second-order valence-corrected chi connectivity index (χ2v) is 7.09. The second kappa shape index (κ2) is 8.37. The van der Waals surface area contributed by atoms with Crippen LogP contribution >= 0.6 is 27.5 Å². The summed E-state index contributed by atoms with van der Waals surface area (Å²) in [6.45, 7) is 0. The molecule has 0 aliphatic rings. The molecule has 3 rings (SSSR count). The smallest absolute Gasteiger partial charge is 0.289 e. The number of nitro benzene ring substituents is 1. The number of nitro groups is 1. The van der Waals surface area contributed by atoms with Crippen LogP contribution in [-0.4, -0.2) is 10.7 Å². The van der Waals surface area contributed by atoms with E-state index in [1.54, 1.807) is 42.5 Å². The van der Waals surface area contributed by atoms with Crippen molar-refractivity contribution in [3.8, 4) is 0 Å². The maximum absolute atomic E-state index is 12.7. The van der Waals surface area contributed by atoms with Gasteiger partial charge in [-0.15, -0.1) is 0 Å². The molecule has 0 radical (unpaired) electrons. The highest BCUT2D eigenvalue weighted by atomic mass is 79.9. The van der Waals surface area contributed by atoms with Crippen molar-refractivity contribution in [1.82, 2.24) is 0 Å². The molecule has 2 aromatic carbocycles. The zero-order valence-corrected chi connectivity index (χ0v) is 16.2. The Morgan fingerprint density at radius 2 is 1.96 bits per heavy atom. The number of benzene rings is 2. The monoisotopic (exact) mass is 448 g/mol. The van der Waals surface area contributed by atoms with E-state index in [1.165, 1.54) is 18.4 Å². The van der Waals surface area contributed by atoms with Gasteiger partial charge in [0.05, 0.1) is 17.2 Å². The number of Topliss-reactive ketones (excluding diaryl/α,β-unsaturated/α-hetero) is 1. The summed E-state index contributed by atoms with van der Waals surface area (Å²) < 4.78 is 6.33. The van der Waals surface area contributed by atoms with Crippen molar-refractivity contribution >= 4 is 44.7 Å². The predicted octanol–water partition coefficient (Wildman–Crippen LogP) is 6.03. The van der Waals surface area contributed by atoms with Crippen LogP contribution in [0.1, 0.15) is 28.6 Å². The van der Waals surface area contributed by atoms with Gasteiger partial charge in [-0.05, 0) is 36.4 Å². The van der Waals surface area contributed by atoms with Crippen LogP contribution in [0.15, 0.2) is 69.8 Å². The first kappa shape index (κ1) is 19.1. The molecule has 3 aromatic rings. The molecule has 1 heterocycles. The Morgan fingerprint density at radius 1 is 1.22 bits per heavy atom. The predicted molar refractivity (Wildman–Crippen MR) is 106 cm³/mol. The number of hydrogen-bond donors (Lipinski definition) is 1. The molecule has 6 nitrogen and oxygen atoms in total. The second-order valence-electron chi connectivity index (χ2n) is 5.77. The molecule has 0 aliphatic heterocycles. The number of nitrogens with one attached hydrogen (secondary N) is 1. The van der Waals surface area contributed by atoms with Gasteiger partial charge in [-0.3, -0.25) is 14.9 Å². The maximum Gasteiger partial charge on any atom is 0.289 e. The van der Waals surface area contributed by atoms with Crippen molar-refractivity contribution < 1.29 is 14.1 Å². The van der Waals surface area contributed by atoms with E-state index >= 15 is 0 Å². The average molecular weight is 450 g/mol. The summed E-state index contributed by atoms with van der Waals surface area (Å²) in [5, 5.41) is 14.3. The summed E-state index contributed by atoms with van der Waals surface area (Å²) in [6, 6.07) is 14.4. The van der Waals surface area contributed by atoms with Crippen LogP contribution in [0.4, 0.5) is 11.4 Å². The molecule has 0 aliphatic carbocycles. The molecule has 8 heteroatoms. The molecule has 1 N–H and O–H groups in total. The van der Waals surface area contributed by atoms with E-state index in [0.717, 1.165) is 4.47 Å². The molecule has 0 amide bonds. The number of carbonyl (C=O) groups is 1. The molecular formula is C19H14BrClN2O4. The first-order chi connectivity index (χ1) is 12.9. The molecule has 0 bridgehead atoms. The van der Waals surface area contributed by atoms with Crippen molar-refractivity contribution in [3.05, 3.63) is 91.8 Å². The van der Waals surface area contributed by atoms with Crippen LogP contribution in [0.3, 0.4) is 0 Å². The number of anilines is 1. The highest BCUT2D eigenvalue weighted by molar-refractivity contribution is 9.10. The molecule has 1 aromatic heterocycles. The van der Waals surface area contributed by atoms with Gasteiger partial charge in [0.25, 0.3) is 5.69 Å². The minimum absolute atomic E-state index is 0.0473. The van der Waals surface area contributed by atoms with Crippen molar-refractivity contribution in [2.24, 2.45) is 0 Å². The summed E-state index contributed by atoms with van der Waals surface area (Å²) >= 11 is 9.20. The van der Waals surface area contributed by atoms with Crippen LogP contribution in [-0.2, 0) is 0 Å². The first-order valence-corrected chi connectivity index (χ1v) is 9.14. The fourth-order valence-electron chi connectivity index (χ4n) is 2.59. The van der Waals surface area contributed by atoms with Gasteiger partial charge >= 0.3 is 0 Å². The Hall–Kier alpha value is -2.64. The fraction of sp³-hybridized carbons (Fsp3) is 0.105. The van der Waals surface area contributed by atoms with Crippen LogP contribution in [0, 0.1) is 10.1 Å². The quantitative estimate of drug-likeness (QED) is 0.270. The van der Waals surface area contributed by atoms with Crippen molar-refractivity contribution in [2.75, 3.05) is 5.32 Å². The summed E-state index contributed by atoms with van der Waals surface area (Å²) in [6.07, 6.45) is 1.63. The molecule has 1 atom stereocenters. The SMILES string of the molecule is O=C(CC(Nc1ccc(Cl)c([N+](=O)[O-])c1)c1ccco1)c1ccc(Br)cc1. The zero-order chi connectivity index (χ0) is 19.4. The van der Waals surface area contributed by atoms with E-state index in [-0.39, 0.29) is 22.9 Å². The number of halogens is 2. The molecule has 138 valence electrons. The van der Waals surface area contributed by atoms with E-state index in [2.05, 4.69) is 21.2 Å². The lowest BCUT2D eigenvalue weighted by Gasteiger charge is -2.17. The standard InChI is InChI=1S/C19H14BrClN2O4/c20-13-5-3-12(4-6-13)18(24)11-16(19-2-1-9-27-19)22-14-7-8-15(21)17(10-14)23(25)26/h1-10,16,22H,11H2. The third-order valence-electron chi connectivity index (χ3n) is 3.93. The van der Waals surface area contributed by atoms with E-state index in [0.29, 0.717) is 17.0 Å². The molecule has 0 fully saturated rings. The number of nitrogens with zero attached hydrogens (tertiary/aromatic N) is 1. The minimum atomic E-state index is -0.553. The fourth-order valence-corrected chi connectivity index (χ4v) is 3.05. The number of furan rings is 1. The Kier molecular flexibility index (Phi) is 5.93. The van der Waals surface area contributed by atoms with Crippen LogP contribution in [0.5, 0.6) is 0 Å². The van der Waals surface area contributed by atoms with Crippen molar-refractivity contribution in [3.63, 3.8) is 0 Å². The van der Waals surface area contributed by atoms with Gasteiger partial charge in [0.1, 0.15) is 10.8 Å². The van der Waals surface area contributed by atoms with Gasteiger partial charge in [0, 0.05) is 28.2 Å². The van der Waals surface area contributed by atoms with Crippen molar-refractivity contribution in [1.29, 1.82) is 0 Å². The van der Waals surface area contributed by atoms with E-state index in [4.69, 9.17) is 16.0 Å². The Bertz CT molecular complexity index is 958. The molecule has 0 saturated heterocycles. The van der Waals surface area contributed by atoms with Gasteiger partial charge in [-0.1, -0.05) is 39.7 Å². The lowest BCUT2D eigenvalue weighted by molar-refractivity contribution is -0.384. The van der Waals surface area contributed by atoms with Gasteiger partial charge in [-0.2, -0.15) is 0 Å². The summed E-state index contributed by atoms with van der Waals surface area (Å²) in [7, 11) is 0. The molecular weight excluding hydrogens is 436 g/mol. The number of rotatable bonds is 7. The number of hydrogen-bond acceptors (Lipinski definition) is 5. The lowest BCUT2D eigenvalue weighted by atomic mass is 10.0. The van der Waals surface area contributed by atoms with Gasteiger partial charge in [-0.25, -0.2) is 0 Å². The van der Waals surface area contributed by atoms with Crippen LogP contribution in [0.25, 0.3) is 0 Å². The van der Waals surface area contributed by atoms with Gasteiger partial charge in [0.2, 0.25) is 0 Å². The van der Waals surface area contributed by atoms with E-state index in [1.807, 2.05) is 0 Å². The molecule has 27 heavy (non-hydrogen) atoms. The number of carbonyl (C=O) groups excluding carboxylic acids is 1. The third-order valence-corrected chi connectivity index (χ3v) is 4.77. The molecule has 0 spiro atoms. The zero-order valence-electron chi connectivity index (χ0n) is 13.9. The topological polar surface area (TPSA) is 85.4 Å². The lowest BCUT2D eigenvalue weighted by Crippen LogP contribution is -2.15. The number of ketones is 1. The third kappa shape index (κ3) is 4.75. The Balaban J connectivity index is 1.84. The van der Waals surface area contributed by atoms with E-state index < -0.39 is 11.0 Å². The highest BCUT2D eigenvalue weighted by Gasteiger charge is 2.21. The van der Waals surface area contributed by atoms with Crippen molar-refractivity contribution in [2.45, 2.75) is 12.5 Å². The summed E-state index contributed by atoms with van der Waals surface area (Å²) in [5.74, 6) is 0.470. The molecule has 1 unspecified atom stereocenters. The average Bonchev–Trinajstić information content (AvgIpc) is 3.17. The minimum Gasteiger partial charge on any atom is -0.467 e. The maximum atomic E-state index is 12.7. The summed E-state index contributed by atoms with van der Waals surface area (Å²) in [5.41, 5.74) is 0.828. The Morgan fingerprint density at radius 3 is 2.59 bits per heavy atom. The van der Waals surface area contributed by atoms with Gasteiger partial charge < -0.3 is 9.73 Å². The molecule has 0 saturated carbocycles. The van der Waals surface area contributed by atoms with E-state index in [9.17, 15) is 14.9 Å². The van der Waals surface area contributed by atoms with Crippen LogP contribution < -0.4 is 5.32 Å².